The maximum absolute atomic E-state index is 5.46. The Morgan fingerprint density at radius 2 is 1.90 bits per heavy atom. The minimum atomic E-state index is 0.602. The SMILES string of the molecule is CC(CN)CCNC(C)C. The van der Waals surface area contributed by atoms with Crippen LogP contribution in [0, 0.1) is 5.92 Å². The minimum Gasteiger partial charge on any atom is -0.330 e. The summed E-state index contributed by atoms with van der Waals surface area (Å²) in [6.45, 7) is 8.40. The molecule has 0 aromatic carbocycles. The van der Waals surface area contributed by atoms with Gasteiger partial charge in [-0.05, 0) is 25.4 Å². The molecule has 0 radical (unpaired) electrons. The number of rotatable bonds is 5. The van der Waals surface area contributed by atoms with Gasteiger partial charge in [-0.25, -0.2) is 0 Å². The van der Waals surface area contributed by atoms with Crippen LogP contribution in [0.4, 0.5) is 0 Å². The Bertz CT molecular complexity index is 71.7. The van der Waals surface area contributed by atoms with Crippen molar-refractivity contribution in [3.63, 3.8) is 0 Å². The van der Waals surface area contributed by atoms with Crippen LogP contribution in [0.2, 0.25) is 0 Å². The van der Waals surface area contributed by atoms with E-state index >= 15 is 0 Å². The van der Waals surface area contributed by atoms with Crippen molar-refractivity contribution in [2.75, 3.05) is 13.1 Å². The first-order valence-corrected chi connectivity index (χ1v) is 4.10. The van der Waals surface area contributed by atoms with E-state index in [9.17, 15) is 0 Å². The van der Waals surface area contributed by atoms with Gasteiger partial charge in [0.25, 0.3) is 0 Å². The molecule has 1 unspecified atom stereocenters. The van der Waals surface area contributed by atoms with Crippen molar-refractivity contribution < 1.29 is 0 Å². The Kier molecular flexibility index (Phi) is 5.64. The van der Waals surface area contributed by atoms with Crippen LogP contribution in [0.5, 0.6) is 0 Å². The normalized spacial score (nSPS) is 14.1. The van der Waals surface area contributed by atoms with Crippen LogP contribution in [0.1, 0.15) is 27.2 Å². The van der Waals surface area contributed by atoms with Crippen molar-refractivity contribution in [1.29, 1.82) is 0 Å². The van der Waals surface area contributed by atoms with E-state index in [1.54, 1.807) is 0 Å². The van der Waals surface area contributed by atoms with Crippen LogP contribution in [0.3, 0.4) is 0 Å². The zero-order chi connectivity index (χ0) is 7.98. The topological polar surface area (TPSA) is 38.0 Å². The Hall–Kier alpha value is -0.0800. The van der Waals surface area contributed by atoms with E-state index in [0.29, 0.717) is 12.0 Å². The van der Waals surface area contributed by atoms with Crippen molar-refractivity contribution in [2.45, 2.75) is 33.2 Å². The highest BCUT2D eigenvalue weighted by Gasteiger charge is 1.98. The average Bonchev–Trinajstić information content (AvgIpc) is 1.87. The van der Waals surface area contributed by atoms with E-state index in [0.717, 1.165) is 13.1 Å². The van der Waals surface area contributed by atoms with Gasteiger partial charge in [0.1, 0.15) is 0 Å². The first-order valence-electron chi connectivity index (χ1n) is 4.10. The molecule has 0 aromatic heterocycles. The molecule has 0 saturated heterocycles. The molecule has 0 bridgehead atoms. The summed E-state index contributed by atoms with van der Waals surface area (Å²) in [7, 11) is 0. The monoisotopic (exact) mass is 144 g/mol. The fourth-order valence-electron chi connectivity index (χ4n) is 0.736. The van der Waals surface area contributed by atoms with Gasteiger partial charge in [-0.1, -0.05) is 20.8 Å². The molecule has 0 aliphatic carbocycles. The van der Waals surface area contributed by atoms with Crippen molar-refractivity contribution in [3.05, 3.63) is 0 Å². The highest BCUT2D eigenvalue weighted by molar-refractivity contribution is 4.57. The number of nitrogens with two attached hydrogens (primary N) is 1. The summed E-state index contributed by atoms with van der Waals surface area (Å²) in [6, 6.07) is 0.602. The fraction of sp³-hybridized carbons (Fsp3) is 1.00. The van der Waals surface area contributed by atoms with Crippen LogP contribution < -0.4 is 11.1 Å². The first-order chi connectivity index (χ1) is 4.66. The maximum Gasteiger partial charge on any atom is 0.00103 e. The summed E-state index contributed by atoms with van der Waals surface area (Å²) >= 11 is 0. The molecule has 0 heterocycles. The summed E-state index contributed by atoms with van der Waals surface area (Å²) < 4.78 is 0. The van der Waals surface area contributed by atoms with E-state index in [-0.39, 0.29) is 0 Å². The largest absolute Gasteiger partial charge is 0.330 e. The van der Waals surface area contributed by atoms with Crippen molar-refractivity contribution in [1.82, 2.24) is 5.32 Å². The van der Waals surface area contributed by atoms with Crippen LogP contribution in [-0.4, -0.2) is 19.1 Å². The predicted molar refractivity (Wildman–Crippen MR) is 46.0 cm³/mol. The molecule has 0 amide bonds. The lowest BCUT2D eigenvalue weighted by Crippen LogP contribution is -2.26. The van der Waals surface area contributed by atoms with Crippen LogP contribution >= 0.6 is 0 Å². The molecule has 0 aliphatic rings. The average molecular weight is 144 g/mol. The quantitative estimate of drug-likeness (QED) is 0.603. The smallest absolute Gasteiger partial charge is 0.00103 e. The molecular formula is C8H20N2. The third kappa shape index (κ3) is 6.05. The highest BCUT2D eigenvalue weighted by atomic mass is 14.9. The number of hydrogen-bond donors (Lipinski definition) is 2. The summed E-state index contributed by atoms with van der Waals surface area (Å²) in [5.74, 6) is 0.659. The molecule has 0 saturated carbocycles. The highest BCUT2D eigenvalue weighted by Crippen LogP contribution is 1.96. The summed E-state index contributed by atoms with van der Waals surface area (Å²) in [5.41, 5.74) is 5.46. The number of nitrogens with one attached hydrogen (secondary N) is 1. The molecule has 10 heavy (non-hydrogen) atoms. The van der Waals surface area contributed by atoms with Gasteiger partial charge in [0.15, 0.2) is 0 Å². The molecule has 0 aliphatic heterocycles. The summed E-state index contributed by atoms with van der Waals surface area (Å²) in [6.07, 6.45) is 1.19. The molecule has 3 N–H and O–H groups in total. The molecular weight excluding hydrogens is 124 g/mol. The summed E-state index contributed by atoms with van der Waals surface area (Å²) in [4.78, 5) is 0. The van der Waals surface area contributed by atoms with Crippen molar-refractivity contribution in [3.8, 4) is 0 Å². The van der Waals surface area contributed by atoms with Gasteiger partial charge in [0, 0.05) is 6.04 Å². The fourth-order valence-corrected chi connectivity index (χ4v) is 0.736. The Balaban J connectivity index is 3.03. The van der Waals surface area contributed by atoms with Crippen molar-refractivity contribution >= 4 is 0 Å². The molecule has 2 heteroatoms. The summed E-state index contributed by atoms with van der Waals surface area (Å²) in [5, 5.41) is 3.36. The molecule has 0 spiro atoms. The molecule has 0 rings (SSSR count). The Morgan fingerprint density at radius 3 is 2.30 bits per heavy atom. The van der Waals surface area contributed by atoms with E-state index < -0.39 is 0 Å². The van der Waals surface area contributed by atoms with E-state index in [2.05, 4.69) is 26.1 Å². The van der Waals surface area contributed by atoms with Crippen LogP contribution in [0.15, 0.2) is 0 Å². The van der Waals surface area contributed by atoms with E-state index in [4.69, 9.17) is 5.73 Å². The third-order valence-corrected chi connectivity index (χ3v) is 1.59. The van der Waals surface area contributed by atoms with Crippen LogP contribution in [-0.2, 0) is 0 Å². The van der Waals surface area contributed by atoms with Gasteiger partial charge in [-0.3, -0.25) is 0 Å². The maximum atomic E-state index is 5.46. The van der Waals surface area contributed by atoms with Gasteiger partial charge in [0.05, 0.1) is 0 Å². The molecule has 0 fully saturated rings. The van der Waals surface area contributed by atoms with Gasteiger partial charge in [0.2, 0.25) is 0 Å². The van der Waals surface area contributed by atoms with Gasteiger partial charge in [-0.2, -0.15) is 0 Å². The van der Waals surface area contributed by atoms with E-state index in [1.165, 1.54) is 6.42 Å². The first kappa shape index (κ1) is 9.92. The zero-order valence-corrected chi connectivity index (χ0v) is 7.35. The lowest BCUT2D eigenvalue weighted by atomic mass is 10.1. The predicted octanol–water partition coefficient (Wildman–Crippen LogP) is 0.969. The second-order valence-corrected chi connectivity index (χ2v) is 3.24. The van der Waals surface area contributed by atoms with Gasteiger partial charge < -0.3 is 11.1 Å². The second kappa shape index (κ2) is 5.69. The molecule has 2 nitrogen and oxygen atoms in total. The molecule has 62 valence electrons. The van der Waals surface area contributed by atoms with E-state index in [1.807, 2.05) is 0 Å². The second-order valence-electron chi connectivity index (χ2n) is 3.24. The number of hydrogen-bond acceptors (Lipinski definition) is 2. The van der Waals surface area contributed by atoms with Gasteiger partial charge in [-0.15, -0.1) is 0 Å². The van der Waals surface area contributed by atoms with Crippen LogP contribution in [0.25, 0.3) is 0 Å². The Morgan fingerprint density at radius 1 is 1.30 bits per heavy atom. The lowest BCUT2D eigenvalue weighted by Gasteiger charge is -2.10. The standard InChI is InChI=1S/C8H20N2/c1-7(2)10-5-4-8(3)6-9/h7-8,10H,4-6,9H2,1-3H3. The van der Waals surface area contributed by atoms with Gasteiger partial charge >= 0.3 is 0 Å². The lowest BCUT2D eigenvalue weighted by molar-refractivity contribution is 0.485. The molecule has 1 atom stereocenters. The minimum absolute atomic E-state index is 0.602. The zero-order valence-electron chi connectivity index (χ0n) is 7.35. The third-order valence-electron chi connectivity index (χ3n) is 1.59. The Labute approximate surface area is 64.2 Å². The van der Waals surface area contributed by atoms with Crippen molar-refractivity contribution in [2.24, 2.45) is 11.7 Å². The molecule has 0 aromatic rings.